The number of carbonyl (C=O) groups is 2. The Balaban J connectivity index is 1.06. The Morgan fingerprint density at radius 2 is 1.39 bits per heavy atom. The number of nitrogens with zero attached hydrogens (tertiary/aromatic N) is 7. The van der Waals surface area contributed by atoms with Crippen LogP contribution < -0.4 is 0 Å². The number of rotatable bonds is 13. The van der Waals surface area contributed by atoms with Gasteiger partial charge in [0.15, 0.2) is 5.82 Å². The maximum Gasteiger partial charge on any atom is 0.249 e. The fraction of sp³-hybridized carbons (Fsp3) is 0.250. The molecule has 61 heavy (non-hydrogen) atoms. The van der Waals surface area contributed by atoms with E-state index in [0.717, 1.165) is 113 Å². The van der Waals surface area contributed by atoms with Crippen LogP contribution in [0.5, 0.6) is 0 Å². The molecule has 9 rings (SSSR count). The van der Waals surface area contributed by atoms with E-state index in [2.05, 4.69) is 137 Å². The Morgan fingerprint density at radius 3 is 2.03 bits per heavy atom. The molecule has 2 atom stereocenters. The molecule has 2 aliphatic carbocycles. The molecular formula is C52H49N7O2. The van der Waals surface area contributed by atoms with Crippen molar-refractivity contribution in [2.75, 3.05) is 0 Å². The largest absolute Gasteiger partial charge is 0.327 e. The number of tetrazole rings is 1. The highest BCUT2D eigenvalue weighted by molar-refractivity contribution is 6.07. The highest BCUT2D eigenvalue weighted by Gasteiger charge is 2.42. The lowest BCUT2D eigenvalue weighted by Gasteiger charge is -2.36. The Hall–Kier alpha value is -6.87. The molecular weight excluding hydrogens is 755 g/mol. The average molecular weight is 804 g/mol. The summed E-state index contributed by atoms with van der Waals surface area (Å²) in [4.78, 5) is 34.8. The second-order valence-corrected chi connectivity index (χ2v) is 16.2. The number of amides is 1. The molecule has 0 radical (unpaired) electrons. The van der Waals surface area contributed by atoms with Gasteiger partial charge >= 0.3 is 0 Å². The third kappa shape index (κ3) is 7.72. The van der Waals surface area contributed by atoms with E-state index in [-0.39, 0.29) is 17.7 Å². The van der Waals surface area contributed by atoms with Gasteiger partial charge in [-0.3, -0.25) is 4.79 Å². The zero-order valence-electron chi connectivity index (χ0n) is 34.5. The molecule has 9 nitrogen and oxygen atoms in total. The zero-order valence-corrected chi connectivity index (χ0v) is 34.5. The van der Waals surface area contributed by atoms with Crippen molar-refractivity contribution in [1.29, 1.82) is 0 Å². The summed E-state index contributed by atoms with van der Waals surface area (Å²) in [6, 6.07) is 48.4. The predicted molar refractivity (Wildman–Crippen MR) is 240 cm³/mol. The van der Waals surface area contributed by atoms with E-state index < -0.39 is 5.54 Å². The number of benzene rings is 5. The maximum absolute atomic E-state index is 13.4. The van der Waals surface area contributed by atoms with Crippen LogP contribution in [0.15, 0.2) is 151 Å². The molecule has 2 aliphatic rings. The quantitative estimate of drug-likeness (QED) is 0.0849. The second-order valence-electron chi connectivity index (χ2n) is 16.2. The van der Waals surface area contributed by atoms with Gasteiger partial charge in [0.05, 0.1) is 17.1 Å². The molecule has 0 unspecified atom stereocenters. The molecule has 0 N–H and O–H groups in total. The number of unbranched alkanes of at least 4 members (excludes halogenated alkanes) is 1. The van der Waals surface area contributed by atoms with E-state index in [4.69, 9.17) is 15.3 Å². The standard InChI is InChI=1S/C52H49N7O2/c1-2-3-27-49-54-47-33-32-43(53-51(61)45-25-14-13-17-39(45)36-60)34-48(47)58(49)35-37-28-30-38(31-29-37)44-24-15-16-26-46(44)50-55-56-57-59(50)52(40-18-7-4-8-19-40,41-20-9-5-10-21-41)42-22-11-6-12-23-42/h4-12,15-16,18-24,26,28-33,36,39,45H,2-3,13-14,17,25,27,34-35H2,1H3/t39-,45-/m1/s1. The van der Waals surface area contributed by atoms with Crippen LogP contribution in [0, 0.1) is 11.8 Å². The highest BCUT2D eigenvalue weighted by Crippen LogP contribution is 2.43. The van der Waals surface area contributed by atoms with Gasteiger partial charge in [-0.15, -0.1) is 5.10 Å². The van der Waals surface area contributed by atoms with E-state index in [1.165, 1.54) is 0 Å². The number of aryl methyl sites for hydroxylation is 1. The van der Waals surface area contributed by atoms with Gasteiger partial charge in [-0.25, -0.2) is 14.7 Å². The van der Waals surface area contributed by atoms with Crippen LogP contribution in [0.3, 0.4) is 0 Å². The lowest BCUT2D eigenvalue weighted by atomic mass is 9.77. The van der Waals surface area contributed by atoms with Gasteiger partial charge in [0, 0.05) is 36.8 Å². The van der Waals surface area contributed by atoms with Gasteiger partial charge in [-0.2, -0.15) is 0 Å². The van der Waals surface area contributed by atoms with Gasteiger partial charge in [-0.05, 0) is 75.2 Å². The lowest BCUT2D eigenvalue weighted by Crippen LogP contribution is -2.39. The number of aldehydes is 1. The molecule has 2 heterocycles. The van der Waals surface area contributed by atoms with Crippen molar-refractivity contribution < 1.29 is 9.59 Å². The Kier molecular flexibility index (Phi) is 11.5. The van der Waals surface area contributed by atoms with Gasteiger partial charge in [0.25, 0.3) is 0 Å². The average Bonchev–Trinajstić information content (AvgIpc) is 3.95. The lowest BCUT2D eigenvalue weighted by molar-refractivity contribution is -0.128. The number of hydrogen-bond donors (Lipinski definition) is 0. The summed E-state index contributed by atoms with van der Waals surface area (Å²) >= 11 is 0. The van der Waals surface area contributed by atoms with Crippen molar-refractivity contribution in [1.82, 2.24) is 29.8 Å². The Bertz CT molecular complexity index is 2580. The topological polar surface area (TPSA) is 108 Å². The molecule has 1 saturated carbocycles. The molecule has 0 bridgehead atoms. The van der Waals surface area contributed by atoms with E-state index in [1.54, 1.807) is 0 Å². The van der Waals surface area contributed by atoms with Crippen molar-refractivity contribution in [3.8, 4) is 22.5 Å². The molecule has 0 spiro atoms. The summed E-state index contributed by atoms with van der Waals surface area (Å²) < 4.78 is 4.30. The monoisotopic (exact) mass is 803 g/mol. The first kappa shape index (κ1) is 39.6. The first-order valence-electron chi connectivity index (χ1n) is 21.6. The summed E-state index contributed by atoms with van der Waals surface area (Å²) in [6.07, 6.45) is 11.8. The van der Waals surface area contributed by atoms with Crippen LogP contribution in [-0.2, 0) is 34.5 Å². The van der Waals surface area contributed by atoms with E-state index in [0.29, 0.717) is 18.8 Å². The van der Waals surface area contributed by atoms with E-state index in [9.17, 15) is 9.59 Å². The van der Waals surface area contributed by atoms with Crippen LogP contribution in [0.1, 0.15) is 84.9 Å². The Labute approximate surface area is 356 Å². The summed E-state index contributed by atoms with van der Waals surface area (Å²) in [5.41, 5.74) is 9.08. The molecule has 7 aromatic rings. The van der Waals surface area contributed by atoms with Crippen LogP contribution in [0.25, 0.3) is 28.6 Å². The van der Waals surface area contributed by atoms with Crippen molar-refractivity contribution in [3.63, 3.8) is 0 Å². The van der Waals surface area contributed by atoms with Gasteiger partial charge in [0.2, 0.25) is 5.91 Å². The van der Waals surface area contributed by atoms with Crippen molar-refractivity contribution in [2.24, 2.45) is 16.8 Å². The summed E-state index contributed by atoms with van der Waals surface area (Å²) in [5.74, 6) is 0.951. The van der Waals surface area contributed by atoms with E-state index >= 15 is 0 Å². The van der Waals surface area contributed by atoms with Crippen LogP contribution in [0.4, 0.5) is 0 Å². The number of aromatic nitrogens is 6. The third-order valence-electron chi connectivity index (χ3n) is 12.4. The second kappa shape index (κ2) is 17.8. The van der Waals surface area contributed by atoms with Gasteiger partial charge < -0.3 is 9.36 Å². The van der Waals surface area contributed by atoms with Gasteiger partial charge in [0.1, 0.15) is 17.6 Å². The molecule has 0 aliphatic heterocycles. The third-order valence-corrected chi connectivity index (χ3v) is 12.4. The van der Waals surface area contributed by atoms with E-state index in [1.807, 2.05) is 41.1 Å². The minimum atomic E-state index is -0.875. The summed E-state index contributed by atoms with van der Waals surface area (Å²) in [5, 5.41) is 13.9. The summed E-state index contributed by atoms with van der Waals surface area (Å²) in [6.45, 7) is 2.83. The fourth-order valence-electron chi connectivity index (χ4n) is 9.31. The van der Waals surface area contributed by atoms with Crippen LogP contribution in [-0.4, -0.2) is 47.7 Å². The van der Waals surface area contributed by atoms with Crippen LogP contribution in [0.2, 0.25) is 0 Å². The SMILES string of the molecule is CCCCc1nc2c(n1Cc1ccc(-c3ccccc3-c3nnnn3C(c3ccccc3)(c3ccccc3)c3ccccc3)cc1)CC(=NC(=O)[C@@H]1CCCC[C@@H]1C=O)C=C2. The normalized spacial score (nSPS) is 17.0. The van der Waals surface area contributed by atoms with Crippen molar-refractivity contribution in [3.05, 3.63) is 185 Å². The minimum absolute atomic E-state index is 0.173. The van der Waals surface area contributed by atoms with Crippen molar-refractivity contribution >= 4 is 24.0 Å². The molecule has 1 fully saturated rings. The smallest absolute Gasteiger partial charge is 0.249 e. The molecule has 304 valence electrons. The number of fused-ring (bicyclic) bond motifs is 1. The maximum atomic E-state index is 13.4. The fourth-order valence-corrected chi connectivity index (χ4v) is 9.31. The number of aliphatic imine (C=N–C) groups is 1. The molecule has 5 aromatic carbocycles. The van der Waals surface area contributed by atoms with Crippen molar-refractivity contribution in [2.45, 2.75) is 70.4 Å². The molecule has 9 heteroatoms. The molecule has 1 amide bonds. The first-order chi connectivity index (χ1) is 30.1. The molecule has 0 saturated heterocycles. The predicted octanol–water partition coefficient (Wildman–Crippen LogP) is 9.98. The zero-order chi connectivity index (χ0) is 41.6. The number of allylic oxidation sites excluding steroid dienone is 1. The first-order valence-corrected chi connectivity index (χ1v) is 21.6. The number of carbonyl (C=O) groups excluding carboxylic acids is 2. The minimum Gasteiger partial charge on any atom is -0.327 e. The highest BCUT2D eigenvalue weighted by atomic mass is 16.1. The van der Waals surface area contributed by atoms with Crippen LogP contribution >= 0.6 is 0 Å². The summed E-state index contributed by atoms with van der Waals surface area (Å²) in [7, 11) is 0. The Morgan fingerprint density at radius 1 is 0.770 bits per heavy atom. The van der Waals surface area contributed by atoms with Gasteiger partial charge in [-0.1, -0.05) is 166 Å². The number of hydrogen-bond acceptors (Lipinski definition) is 6. The molecule has 2 aromatic heterocycles. The number of imidazole rings is 1.